The van der Waals surface area contributed by atoms with Crippen molar-refractivity contribution in [3.05, 3.63) is 50.0 Å². The minimum absolute atomic E-state index is 0.408. The number of rotatable bonds is 6. The van der Waals surface area contributed by atoms with E-state index in [4.69, 9.17) is 14.6 Å². The number of nitrogens with zero attached hydrogens (tertiary/aromatic N) is 2. The molecule has 1 N–H and O–H groups in total. The Hall–Kier alpha value is -1.65. The van der Waals surface area contributed by atoms with Crippen LogP contribution >= 0.6 is 38.5 Å². The molecule has 0 radical (unpaired) electrons. The number of carbonyl (C=O) groups is 1. The molecule has 2 aromatic rings. The molecular formula is C19H18BrIN2O4. The number of hydrogen-bond acceptors (Lipinski definition) is 5. The number of aliphatic carboxylic acids is 1. The van der Waals surface area contributed by atoms with Crippen molar-refractivity contribution in [2.45, 2.75) is 0 Å². The van der Waals surface area contributed by atoms with E-state index in [1.54, 1.807) is 6.21 Å². The van der Waals surface area contributed by atoms with Crippen LogP contribution in [0.2, 0.25) is 0 Å². The normalized spacial score (nSPS) is 14.5. The van der Waals surface area contributed by atoms with Crippen LogP contribution in [0.25, 0.3) is 0 Å². The molecule has 0 atom stereocenters. The number of halogens is 2. The molecule has 1 aliphatic rings. The van der Waals surface area contributed by atoms with Crippen LogP contribution in [0.15, 0.2) is 45.9 Å². The van der Waals surface area contributed by atoms with Gasteiger partial charge < -0.3 is 19.5 Å². The third kappa shape index (κ3) is 5.66. The second kappa shape index (κ2) is 9.52. The number of hydrogen-bond donors (Lipinski definition) is 1. The third-order valence-electron chi connectivity index (χ3n) is 3.96. The lowest BCUT2D eigenvalue weighted by molar-refractivity contribution is -0.139. The summed E-state index contributed by atoms with van der Waals surface area (Å²) in [7, 11) is 0. The summed E-state index contributed by atoms with van der Waals surface area (Å²) in [6.45, 7) is 2.88. The molecule has 142 valence electrons. The molecule has 0 aliphatic carbocycles. The molecule has 6 nitrogen and oxygen atoms in total. The van der Waals surface area contributed by atoms with Gasteiger partial charge in [-0.15, -0.1) is 0 Å². The highest BCUT2D eigenvalue weighted by atomic mass is 127. The minimum atomic E-state index is -1.03. The van der Waals surface area contributed by atoms with E-state index < -0.39 is 12.6 Å². The van der Waals surface area contributed by atoms with Crippen LogP contribution in [0.3, 0.4) is 0 Å². The van der Waals surface area contributed by atoms with Gasteiger partial charge in [-0.05, 0) is 74.9 Å². The van der Waals surface area contributed by atoms with Gasteiger partial charge in [0.15, 0.2) is 6.61 Å². The van der Waals surface area contributed by atoms with E-state index >= 15 is 0 Å². The molecule has 0 unspecified atom stereocenters. The highest BCUT2D eigenvalue weighted by molar-refractivity contribution is 14.1. The molecule has 1 saturated heterocycles. The molecule has 0 bridgehead atoms. The van der Waals surface area contributed by atoms with Crippen LogP contribution in [0.1, 0.15) is 5.56 Å². The van der Waals surface area contributed by atoms with Gasteiger partial charge in [-0.25, -0.2) is 4.79 Å². The van der Waals surface area contributed by atoms with Crippen LogP contribution in [-0.4, -0.2) is 50.2 Å². The monoisotopic (exact) mass is 544 g/mol. The topological polar surface area (TPSA) is 71.4 Å². The number of morpholine rings is 1. The molecule has 0 aromatic heterocycles. The van der Waals surface area contributed by atoms with Crippen molar-refractivity contribution in [1.82, 2.24) is 0 Å². The Kier molecular flexibility index (Phi) is 7.08. The van der Waals surface area contributed by atoms with Gasteiger partial charge in [-0.1, -0.05) is 0 Å². The quantitative estimate of drug-likeness (QED) is 0.438. The van der Waals surface area contributed by atoms with Crippen molar-refractivity contribution in [3.63, 3.8) is 0 Å². The van der Waals surface area contributed by atoms with E-state index in [0.717, 1.165) is 41.2 Å². The molecule has 1 fully saturated rings. The van der Waals surface area contributed by atoms with Gasteiger partial charge in [-0.2, -0.15) is 0 Å². The number of carboxylic acid groups (broad SMARTS) is 1. The molecule has 2 aromatic carbocycles. The predicted octanol–water partition coefficient (Wildman–Crippen LogP) is 4.10. The van der Waals surface area contributed by atoms with Gasteiger partial charge in [0.2, 0.25) is 0 Å². The molecular weight excluding hydrogens is 527 g/mol. The lowest BCUT2D eigenvalue weighted by Crippen LogP contribution is -2.36. The van der Waals surface area contributed by atoms with Crippen molar-refractivity contribution in [3.8, 4) is 5.75 Å². The van der Waals surface area contributed by atoms with E-state index in [1.165, 1.54) is 0 Å². The minimum Gasteiger partial charge on any atom is -0.480 e. The maximum absolute atomic E-state index is 10.8. The number of ether oxygens (including phenoxy) is 2. The van der Waals surface area contributed by atoms with E-state index in [1.807, 2.05) is 36.4 Å². The SMILES string of the molecule is O=C(O)COc1c(Br)cc(I)cc1C=Nc1ccc(N2CCOCC2)cc1. The zero-order chi connectivity index (χ0) is 19.2. The molecule has 0 spiro atoms. The summed E-state index contributed by atoms with van der Waals surface area (Å²) in [5.74, 6) is -0.562. The van der Waals surface area contributed by atoms with Gasteiger partial charge >= 0.3 is 5.97 Å². The van der Waals surface area contributed by atoms with E-state index in [9.17, 15) is 4.79 Å². The number of anilines is 1. The van der Waals surface area contributed by atoms with Crippen molar-refractivity contribution < 1.29 is 19.4 Å². The van der Waals surface area contributed by atoms with Crippen LogP contribution in [0.4, 0.5) is 11.4 Å². The van der Waals surface area contributed by atoms with E-state index in [0.29, 0.717) is 15.8 Å². The Balaban J connectivity index is 1.77. The fourth-order valence-corrected chi connectivity index (χ4v) is 4.34. The standard InChI is InChI=1S/C19H18BrIN2O4/c20-17-10-14(21)9-13(19(17)27-12-18(24)25)11-22-15-1-3-16(4-2-15)23-5-7-26-8-6-23/h1-4,9-11H,5-8,12H2,(H,24,25). The van der Waals surface area contributed by atoms with Gasteiger partial charge in [0.1, 0.15) is 5.75 Å². The Morgan fingerprint density at radius 3 is 2.67 bits per heavy atom. The Morgan fingerprint density at radius 1 is 1.30 bits per heavy atom. The summed E-state index contributed by atoms with van der Waals surface area (Å²) >= 11 is 5.62. The van der Waals surface area contributed by atoms with Crippen molar-refractivity contribution in [1.29, 1.82) is 0 Å². The second-order valence-electron chi connectivity index (χ2n) is 5.86. The summed E-state index contributed by atoms with van der Waals surface area (Å²) in [6.07, 6.45) is 1.69. The molecule has 27 heavy (non-hydrogen) atoms. The van der Waals surface area contributed by atoms with Crippen LogP contribution < -0.4 is 9.64 Å². The highest BCUT2D eigenvalue weighted by Crippen LogP contribution is 2.31. The molecule has 0 amide bonds. The molecule has 1 aliphatic heterocycles. The predicted molar refractivity (Wildman–Crippen MR) is 117 cm³/mol. The van der Waals surface area contributed by atoms with E-state index in [2.05, 4.69) is 48.4 Å². The summed E-state index contributed by atoms with van der Waals surface area (Å²) in [4.78, 5) is 17.6. The number of carboxylic acids is 1. The first-order valence-corrected chi connectivity index (χ1v) is 10.2. The largest absolute Gasteiger partial charge is 0.480 e. The van der Waals surface area contributed by atoms with Crippen LogP contribution in [0, 0.1) is 3.57 Å². The van der Waals surface area contributed by atoms with Gasteiger partial charge in [0.05, 0.1) is 23.4 Å². The van der Waals surface area contributed by atoms with Gasteiger partial charge in [0, 0.05) is 34.1 Å². The first-order chi connectivity index (χ1) is 13.0. The summed E-state index contributed by atoms with van der Waals surface area (Å²) in [6, 6.07) is 11.8. The van der Waals surface area contributed by atoms with Crippen LogP contribution in [0.5, 0.6) is 5.75 Å². The summed E-state index contributed by atoms with van der Waals surface area (Å²) in [5, 5.41) is 8.87. The van der Waals surface area contributed by atoms with E-state index in [-0.39, 0.29) is 0 Å². The Labute approximate surface area is 179 Å². The highest BCUT2D eigenvalue weighted by Gasteiger charge is 2.12. The lowest BCUT2D eigenvalue weighted by atomic mass is 10.2. The zero-order valence-corrected chi connectivity index (χ0v) is 18.1. The van der Waals surface area contributed by atoms with Gasteiger partial charge in [0.25, 0.3) is 0 Å². The smallest absolute Gasteiger partial charge is 0.341 e. The average Bonchev–Trinajstić information content (AvgIpc) is 2.66. The first-order valence-electron chi connectivity index (χ1n) is 8.33. The average molecular weight is 545 g/mol. The zero-order valence-electron chi connectivity index (χ0n) is 14.4. The van der Waals surface area contributed by atoms with Crippen molar-refractivity contribution in [2.24, 2.45) is 4.99 Å². The van der Waals surface area contributed by atoms with Crippen molar-refractivity contribution in [2.75, 3.05) is 37.8 Å². The maximum atomic E-state index is 10.8. The van der Waals surface area contributed by atoms with Crippen molar-refractivity contribution >= 4 is 62.1 Å². The second-order valence-corrected chi connectivity index (χ2v) is 7.96. The van der Waals surface area contributed by atoms with Crippen LogP contribution in [-0.2, 0) is 9.53 Å². The third-order valence-corrected chi connectivity index (χ3v) is 5.17. The molecule has 3 rings (SSSR count). The molecule has 8 heteroatoms. The lowest BCUT2D eigenvalue weighted by Gasteiger charge is -2.28. The Morgan fingerprint density at radius 2 is 2.00 bits per heavy atom. The molecule has 0 saturated carbocycles. The summed E-state index contributed by atoms with van der Waals surface area (Å²) < 4.78 is 12.5. The first kappa shape index (κ1) is 20.1. The fraction of sp³-hybridized carbons (Fsp3) is 0.263. The fourth-order valence-electron chi connectivity index (χ4n) is 2.68. The summed E-state index contributed by atoms with van der Waals surface area (Å²) in [5.41, 5.74) is 2.68. The number of aliphatic imine (C=N–C) groups is 1. The Bertz CT molecular complexity index is 836. The maximum Gasteiger partial charge on any atom is 0.341 e. The molecule has 1 heterocycles. The van der Waals surface area contributed by atoms with Gasteiger partial charge in [-0.3, -0.25) is 4.99 Å². The number of benzene rings is 2.